The lowest BCUT2D eigenvalue weighted by Gasteiger charge is -2.35. The van der Waals surface area contributed by atoms with Crippen LogP contribution >= 0.6 is 12.4 Å². The minimum Gasteiger partial charge on any atom is -0.313 e. The zero-order valence-electron chi connectivity index (χ0n) is 14.9. The Balaban J connectivity index is 0.00000210. The van der Waals surface area contributed by atoms with Crippen LogP contribution < -0.4 is 5.32 Å². The molecule has 1 aliphatic heterocycles. The van der Waals surface area contributed by atoms with Crippen molar-refractivity contribution in [1.82, 2.24) is 19.6 Å². The zero-order chi connectivity index (χ0) is 18.1. The van der Waals surface area contributed by atoms with Crippen LogP contribution in [0.1, 0.15) is 17.2 Å². The van der Waals surface area contributed by atoms with Crippen LogP contribution in [0.25, 0.3) is 10.9 Å². The maximum Gasteiger partial charge on any atom is 0.245 e. The lowest BCUT2D eigenvalue weighted by molar-refractivity contribution is 0.271. The fourth-order valence-corrected chi connectivity index (χ4v) is 5.19. The Kier molecular flexibility index (Phi) is 5.76. The second kappa shape index (κ2) is 7.90. The van der Waals surface area contributed by atoms with Gasteiger partial charge < -0.3 is 5.32 Å². The minimum atomic E-state index is -3.70. The predicted molar refractivity (Wildman–Crippen MR) is 107 cm³/mol. The monoisotopic (exact) mass is 404 g/mol. The van der Waals surface area contributed by atoms with E-state index in [1.165, 1.54) is 0 Å². The Hall–Kier alpha value is -2.06. The number of aryl methyl sites for hydroxylation is 1. The van der Waals surface area contributed by atoms with E-state index in [-0.39, 0.29) is 23.3 Å². The van der Waals surface area contributed by atoms with Crippen molar-refractivity contribution in [2.75, 3.05) is 19.6 Å². The number of nitrogens with one attached hydrogen (secondary N) is 1. The maximum atomic E-state index is 13.5. The third-order valence-corrected chi connectivity index (χ3v) is 6.60. The van der Waals surface area contributed by atoms with Gasteiger partial charge in [0.15, 0.2) is 0 Å². The second-order valence-electron chi connectivity index (χ2n) is 6.46. The summed E-state index contributed by atoms with van der Waals surface area (Å²) >= 11 is 0. The summed E-state index contributed by atoms with van der Waals surface area (Å²) in [6.07, 6.45) is 5.12. The standard InChI is InChI=1S/C19H20N4O2S.ClH/c1-14-10-15-4-2-6-18(19(15)22-11-14)26(24,25)23-9-8-21-13-17(23)16-5-3-7-20-12-16;/h2-7,10-12,17,21H,8-9,13H2,1H3;1H. The Morgan fingerprint density at radius 1 is 1.19 bits per heavy atom. The fraction of sp³-hybridized carbons (Fsp3) is 0.263. The van der Waals surface area contributed by atoms with Crippen molar-refractivity contribution in [1.29, 1.82) is 0 Å². The van der Waals surface area contributed by atoms with Crippen LogP contribution in [0.4, 0.5) is 0 Å². The first-order chi connectivity index (χ1) is 12.6. The van der Waals surface area contributed by atoms with Crippen LogP contribution in [0, 0.1) is 6.92 Å². The molecule has 2 aromatic heterocycles. The van der Waals surface area contributed by atoms with E-state index in [1.54, 1.807) is 35.0 Å². The third kappa shape index (κ3) is 3.68. The SMILES string of the molecule is Cc1cnc2c(S(=O)(=O)N3CCNCC3c3cccnc3)cccc2c1.Cl. The molecule has 1 saturated heterocycles. The van der Waals surface area contributed by atoms with E-state index in [9.17, 15) is 8.42 Å². The van der Waals surface area contributed by atoms with E-state index in [1.807, 2.05) is 31.2 Å². The molecular formula is C19H21ClN4O2S. The van der Waals surface area contributed by atoms with Gasteiger partial charge in [-0.25, -0.2) is 8.42 Å². The van der Waals surface area contributed by atoms with Gasteiger partial charge >= 0.3 is 0 Å². The highest BCUT2D eigenvalue weighted by Crippen LogP contribution is 2.31. The van der Waals surface area contributed by atoms with Crippen molar-refractivity contribution >= 4 is 33.3 Å². The van der Waals surface area contributed by atoms with Gasteiger partial charge in [0.25, 0.3) is 0 Å². The number of piperazine rings is 1. The molecule has 0 radical (unpaired) electrons. The highest BCUT2D eigenvalue weighted by Gasteiger charge is 2.35. The molecule has 3 aromatic rings. The maximum absolute atomic E-state index is 13.5. The summed E-state index contributed by atoms with van der Waals surface area (Å²) in [4.78, 5) is 8.81. The van der Waals surface area contributed by atoms with Gasteiger partial charge in [0.05, 0.1) is 11.6 Å². The molecule has 0 bridgehead atoms. The number of para-hydroxylation sites is 1. The highest BCUT2D eigenvalue weighted by molar-refractivity contribution is 7.89. The molecule has 0 amide bonds. The molecule has 1 atom stereocenters. The third-order valence-electron chi connectivity index (χ3n) is 4.66. The number of rotatable bonds is 3. The molecule has 6 nitrogen and oxygen atoms in total. The van der Waals surface area contributed by atoms with Crippen LogP contribution in [0.3, 0.4) is 0 Å². The summed E-state index contributed by atoms with van der Waals surface area (Å²) in [6, 6.07) is 10.7. The van der Waals surface area contributed by atoms with Gasteiger partial charge in [0.2, 0.25) is 10.0 Å². The summed E-state index contributed by atoms with van der Waals surface area (Å²) in [5.41, 5.74) is 2.40. The summed E-state index contributed by atoms with van der Waals surface area (Å²) in [5, 5.41) is 4.11. The normalized spacial score (nSPS) is 18.2. The molecule has 0 aliphatic carbocycles. The molecule has 4 rings (SSSR count). The van der Waals surface area contributed by atoms with E-state index in [0.29, 0.717) is 25.2 Å². The van der Waals surface area contributed by atoms with Crippen LogP contribution in [0.2, 0.25) is 0 Å². The topological polar surface area (TPSA) is 75.2 Å². The summed E-state index contributed by atoms with van der Waals surface area (Å²) in [7, 11) is -3.70. The zero-order valence-corrected chi connectivity index (χ0v) is 16.5. The molecule has 1 aliphatic rings. The number of benzene rings is 1. The number of nitrogens with zero attached hydrogens (tertiary/aromatic N) is 3. The minimum absolute atomic E-state index is 0. The number of pyridine rings is 2. The quantitative estimate of drug-likeness (QED) is 0.726. The predicted octanol–water partition coefficient (Wildman–Crippen LogP) is 2.70. The van der Waals surface area contributed by atoms with Crippen LogP contribution in [0.15, 0.2) is 59.9 Å². The van der Waals surface area contributed by atoms with Gasteiger partial charge in [0.1, 0.15) is 4.90 Å². The van der Waals surface area contributed by atoms with Crippen molar-refractivity contribution in [3.63, 3.8) is 0 Å². The Labute approximate surface area is 165 Å². The lowest BCUT2D eigenvalue weighted by atomic mass is 10.1. The van der Waals surface area contributed by atoms with Gasteiger partial charge in [-0.3, -0.25) is 9.97 Å². The van der Waals surface area contributed by atoms with Crippen molar-refractivity contribution in [2.24, 2.45) is 0 Å². The number of halogens is 1. The van der Waals surface area contributed by atoms with Crippen LogP contribution in [-0.4, -0.2) is 42.3 Å². The highest BCUT2D eigenvalue weighted by atomic mass is 35.5. The van der Waals surface area contributed by atoms with Crippen LogP contribution in [-0.2, 0) is 10.0 Å². The first kappa shape index (κ1) is 19.7. The molecule has 1 unspecified atom stereocenters. The Bertz CT molecular complexity index is 1040. The average Bonchev–Trinajstić information content (AvgIpc) is 2.68. The molecule has 3 heterocycles. The summed E-state index contributed by atoms with van der Waals surface area (Å²) in [6.45, 7) is 3.53. The van der Waals surface area contributed by atoms with Gasteiger partial charge in [-0.1, -0.05) is 18.2 Å². The lowest BCUT2D eigenvalue weighted by Crippen LogP contribution is -2.48. The number of aromatic nitrogens is 2. The summed E-state index contributed by atoms with van der Waals surface area (Å²) in [5.74, 6) is 0. The molecule has 0 saturated carbocycles. The Morgan fingerprint density at radius 3 is 2.81 bits per heavy atom. The second-order valence-corrected chi connectivity index (χ2v) is 8.32. The molecular weight excluding hydrogens is 384 g/mol. The van der Waals surface area contributed by atoms with E-state index in [2.05, 4.69) is 15.3 Å². The van der Waals surface area contributed by atoms with E-state index in [4.69, 9.17) is 0 Å². The molecule has 1 fully saturated rings. The molecule has 8 heteroatoms. The first-order valence-electron chi connectivity index (χ1n) is 8.55. The number of hydrogen-bond acceptors (Lipinski definition) is 5. The molecule has 1 aromatic carbocycles. The van der Waals surface area contributed by atoms with Crippen LogP contribution in [0.5, 0.6) is 0 Å². The van der Waals surface area contributed by atoms with Gasteiger partial charge in [-0.15, -0.1) is 12.4 Å². The largest absolute Gasteiger partial charge is 0.313 e. The van der Waals surface area contributed by atoms with E-state index < -0.39 is 10.0 Å². The molecule has 142 valence electrons. The van der Waals surface area contributed by atoms with Gasteiger partial charge in [-0.2, -0.15) is 4.31 Å². The van der Waals surface area contributed by atoms with Crippen molar-refractivity contribution in [3.05, 3.63) is 66.1 Å². The van der Waals surface area contributed by atoms with E-state index >= 15 is 0 Å². The number of hydrogen-bond donors (Lipinski definition) is 1. The van der Waals surface area contributed by atoms with Crippen molar-refractivity contribution in [2.45, 2.75) is 17.9 Å². The van der Waals surface area contributed by atoms with Gasteiger partial charge in [-0.05, 0) is 36.2 Å². The molecule has 0 spiro atoms. The fourth-order valence-electron chi connectivity index (χ4n) is 3.41. The number of fused-ring (bicyclic) bond motifs is 1. The first-order valence-corrected chi connectivity index (χ1v) is 9.99. The smallest absolute Gasteiger partial charge is 0.245 e. The number of sulfonamides is 1. The average molecular weight is 405 g/mol. The van der Waals surface area contributed by atoms with E-state index in [0.717, 1.165) is 16.5 Å². The van der Waals surface area contributed by atoms with Crippen molar-refractivity contribution < 1.29 is 8.42 Å². The molecule has 27 heavy (non-hydrogen) atoms. The summed E-state index contributed by atoms with van der Waals surface area (Å²) < 4.78 is 28.6. The van der Waals surface area contributed by atoms with Crippen molar-refractivity contribution in [3.8, 4) is 0 Å². The molecule has 1 N–H and O–H groups in total. The Morgan fingerprint density at radius 2 is 2.04 bits per heavy atom. The van der Waals surface area contributed by atoms with Gasteiger partial charge in [0, 0.05) is 43.6 Å².